The molecule has 2 aromatic rings. The van der Waals surface area contributed by atoms with E-state index in [-0.39, 0.29) is 17.2 Å². The third-order valence-corrected chi connectivity index (χ3v) is 2.46. The largest absolute Gasteiger partial charge is 0.481 e. The third kappa shape index (κ3) is 3.05. The second-order valence-corrected chi connectivity index (χ2v) is 3.96. The van der Waals surface area contributed by atoms with Gasteiger partial charge in [-0.2, -0.15) is 0 Å². The van der Waals surface area contributed by atoms with Crippen LogP contribution in [-0.2, 0) is 11.2 Å². The number of hydrogen-bond acceptors (Lipinski definition) is 5. The fraction of sp³-hybridized carbons (Fsp3) is 0.0833. The van der Waals surface area contributed by atoms with Gasteiger partial charge in [-0.3, -0.25) is 19.7 Å². The van der Waals surface area contributed by atoms with E-state index in [2.05, 4.69) is 9.97 Å². The Kier molecular flexibility index (Phi) is 3.56. The highest BCUT2D eigenvalue weighted by atomic mass is 16.6. The number of rotatable bonds is 4. The molecule has 0 radical (unpaired) electrons. The highest BCUT2D eigenvalue weighted by molar-refractivity contribution is 5.70. The summed E-state index contributed by atoms with van der Waals surface area (Å²) in [5, 5.41) is 19.4. The van der Waals surface area contributed by atoms with Crippen LogP contribution in [0.2, 0.25) is 0 Å². The number of aromatic amines is 1. The molecule has 8 nitrogen and oxygen atoms in total. The molecule has 2 N–H and O–H groups in total. The molecule has 0 saturated carbocycles. The van der Waals surface area contributed by atoms with Gasteiger partial charge in [-0.15, -0.1) is 0 Å². The lowest BCUT2D eigenvalue weighted by Gasteiger charge is -2.03. The van der Waals surface area contributed by atoms with Gasteiger partial charge in [-0.1, -0.05) is 12.1 Å². The summed E-state index contributed by atoms with van der Waals surface area (Å²) in [4.78, 5) is 38.6. The SMILES string of the molecule is O=C(O)Cc1cc(=O)[nH]c(-c2cccc([N+](=O)[O-])c2)n1. The number of hydrogen-bond donors (Lipinski definition) is 2. The molecule has 0 fully saturated rings. The maximum absolute atomic E-state index is 11.5. The molecule has 0 aliphatic carbocycles. The van der Waals surface area contributed by atoms with E-state index in [9.17, 15) is 19.7 Å². The van der Waals surface area contributed by atoms with Crippen molar-refractivity contribution in [1.82, 2.24) is 9.97 Å². The molecule has 1 aromatic heterocycles. The Hall–Kier alpha value is -3.03. The van der Waals surface area contributed by atoms with Crippen LogP contribution < -0.4 is 5.56 Å². The fourth-order valence-corrected chi connectivity index (χ4v) is 1.66. The van der Waals surface area contributed by atoms with Crippen molar-refractivity contribution >= 4 is 11.7 Å². The minimum absolute atomic E-state index is 0.0859. The number of non-ortho nitro benzene ring substituents is 1. The normalized spacial score (nSPS) is 10.2. The first-order chi connectivity index (χ1) is 9.45. The summed E-state index contributed by atoms with van der Waals surface area (Å²) in [6.45, 7) is 0. The molecule has 8 heteroatoms. The quantitative estimate of drug-likeness (QED) is 0.632. The van der Waals surface area contributed by atoms with Crippen molar-refractivity contribution in [3.05, 3.63) is 56.5 Å². The Balaban J connectivity index is 2.49. The number of carboxylic acid groups (broad SMARTS) is 1. The van der Waals surface area contributed by atoms with E-state index >= 15 is 0 Å². The molecular formula is C12H9N3O5. The molecule has 1 heterocycles. The number of nitrogens with zero attached hydrogens (tertiary/aromatic N) is 2. The average molecular weight is 275 g/mol. The number of nitrogens with one attached hydrogen (secondary N) is 1. The van der Waals surface area contributed by atoms with Crippen LogP contribution in [0.25, 0.3) is 11.4 Å². The predicted octanol–water partition coefficient (Wildman–Crippen LogP) is 0.972. The molecule has 0 bridgehead atoms. The van der Waals surface area contributed by atoms with Crippen molar-refractivity contribution < 1.29 is 14.8 Å². The molecule has 0 spiro atoms. The number of nitro groups is 1. The first kappa shape index (κ1) is 13.4. The van der Waals surface area contributed by atoms with Gasteiger partial charge in [0.15, 0.2) is 0 Å². The number of nitro benzene ring substituents is 1. The minimum Gasteiger partial charge on any atom is -0.481 e. The zero-order valence-corrected chi connectivity index (χ0v) is 10.1. The summed E-state index contributed by atoms with van der Waals surface area (Å²) in [7, 11) is 0. The number of aliphatic carboxylic acids is 1. The van der Waals surface area contributed by atoms with Gasteiger partial charge in [0, 0.05) is 23.8 Å². The highest BCUT2D eigenvalue weighted by Gasteiger charge is 2.11. The molecule has 0 aliphatic heterocycles. The number of benzene rings is 1. The van der Waals surface area contributed by atoms with Crippen LogP contribution >= 0.6 is 0 Å². The fourth-order valence-electron chi connectivity index (χ4n) is 1.66. The van der Waals surface area contributed by atoms with Crippen LogP contribution in [0.15, 0.2) is 35.1 Å². The van der Waals surface area contributed by atoms with Crippen LogP contribution in [-0.4, -0.2) is 26.0 Å². The summed E-state index contributed by atoms with van der Waals surface area (Å²) in [5.74, 6) is -1.02. The molecule has 2 rings (SSSR count). The van der Waals surface area contributed by atoms with E-state index in [0.29, 0.717) is 5.56 Å². The minimum atomic E-state index is -1.12. The molecule has 0 amide bonds. The molecule has 0 saturated heterocycles. The monoisotopic (exact) mass is 275 g/mol. The van der Waals surface area contributed by atoms with Gasteiger partial charge in [0.2, 0.25) is 0 Å². The summed E-state index contributed by atoms with van der Waals surface area (Å²) in [5.41, 5.74) is -0.238. The van der Waals surface area contributed by atoms with E-state index in [4.69, 9.17) is 5.11 Å². The van der Waals surface area contributed by atoms with Crippen molar-refractivity contribution in [3.63, 3.8) is 0 Å². The molecule has 1 aromatic carbocycles. The Morgan fingerprint density at radius 1 is 1.40 bits per heavy atom. The Labute approximate surface area is 111 Å². The average Bonchev–Trinajstić information content (AvgIpc) is 2.37. The second-order valence-electron chi connectivity index (χ2n) is 3.96. The van der Waals surface area contributed by atoms with Gasteiger partial charge in [-0.05, 0) is 0 Å². The highest BCUT2D eigenvalue weighted by Crippen LogP contribution is 2.20. The van der Waals surface area contributed by atoms with E-state index < -0.39 is 22.9 Å². The third-order valence-electron chi connectivity index (χ3n) is 2.46. The molecule has 20 heavy (non-hydrogen) atoms. The van der Waals surface area contributed by atoms with Gasteiger partial charge in [-0.25, -0.2) is 4.98 Å². The first-order valence-electron chi connectivity index (χ1n) is 5.52. The lowest BCUT2D eigenvalue weighted by atomic mass is 10.2. The van der Waals surface area contributed by atoms with Crippen LogP contribution in [0.4, 0.5) is 5.69 Å². The number of aromatic nitrogens is 2. The summed E-state index contributed by atoms with van der Waals surface area (Å²) in [6, 6.07) is 6.63. The van der Waals surface area contributed by atoms with Crippen LogP contribution in [0.5, 0.6) is 0 Å². The Morgan fingerprint density at radius 2 is 2.15 bits per heavy atom. The lowest BCUT2D eigenvalue weighted by Crippen LogP contribution is -2.13. The van der Waals surface area contributed by atoms with Gasteiger partial charge >= 0.3 is 5.97 Å². The smallest absolute Gasteiger partial charge is 0.309 e. The number of carboxylic acids is 1. The van der Waals surface area contributed by atoms with Crippen molar-refractivity contribution in [1.29, 1.82) is 0 Å². The Bertz CT molecular complexity index is 738. The van der Waals surface area contributed by atoms with Crippen molar-refractivity contribution in [2.75, 3.05) is 0 Å². The zero-order chi connectivity index (χ0) is 14.7. The standard InChI is InChI=1S/C12H9N3O5/c16-10-5-8(6-11(17)18)13-12(14-10)7-2-1-3-9(4-7)15(19)20/h1-5H,6H2,(H,17,18)(H,13,14,16). The van der Waals surface area contributed by atoms with Crippen molar-refractivity contribution in [3.8, 4) is 11.4 Å². The summed E-state index contributed by atoms with van der Waals surface area (Å²) >= 11 is 0. The van der Waals surface area contributed by atoms with Gasteiger partial charge < -0.3 is 10.1 Å². The number of carbonyl (C=O) groups is 1. The molecular weight excluding hydrogens is 266 g/mol. The van der Waals surface area contributed by atoms with Crippen LogP contribution in [0.3, 0.4) is 0 Å². The van der Waals surface area contributed by atoms with Crippen molar-refractivity contribution in [2.24, 2.45) is 0 Å². The maximum Gasteiger partial charge on any atom is 0.309 e. The van der Waals surface area contributed by atoms with E-state index in [1.807, 2.05) is 0 Å². The first-order valence-corrected chi connectivity index (χ1v) is 5.52. The van der Waals surface area contributed by atoms with E-state index in [1.54, 1.807) is 0 Å². The van der Waals surface area contributed by atoms with Gasteiger partial charge in [0.25, 0.3) is 11.2 Å². The molecule has 0 aliphatic rings. The maximum atomic E-state index is 11.5. The van der Waals surface area contributed by atoms with Gasteiger partial charge in [0.05, 0.1) is 17.0 Å². The summed E-state index contributed by atoms with van der Waals surface area (Å²) in [6.07, 6.45) is -0.397. The van der Waals surface area contributed by atoms with Crippen LogP contribution in [0, 0.1) is 10.1 Å². The van der Waals surface area contributed by atoms with E-state index in [0.717, 1.165) is 6.07 Å². The Morgan fingerprint density at radius 3 is 2.80 bits per heavy atom. The predicted molar refractivity (Wildman–Crippen MR) is 68.3 cm³/mol. The second kappa shape index (κ2) is 5.31. The molecule has 102 valence electrons. The van der Waals surface area contributed by atoms with E-state index in [1.165, 1.54) is 24.3 Å². The molecule has 0 unspecified atom stereocenters. The summed E-state index contributed by atoms with van der Waals surface area (Å²) < 4.78 is 0. The van der Waals surface area contributed by atoms with Crippen LogP contribution in [0.1, 0.15) is 5.69 Å². The lowest BCUT2D eigenvalue weighted by molar-refractivity contribution is -0.384. The zero-order valence-electron chi connectivity index (χ0n) is 10.1. The van der Waals surface area contributed by atoms with Crippen molar-refractivity contribution in [2.45, 2.75) is 6.42 Å². The topological polar surface area (TPSA) is 126 Å². The molecule has 0 atom stereocenters. The van der Waals surface area contributed by atoms with Gasteiger partial charge in [0.1, 0.15) is 5.82 Å². The number of H-pyrrole nitrogens is 1.